The molecule has 0 bridgehead atoms. The molecule has 21 unspecified atom stereocenters. The SMILES string of the molecule is COCC1CC(OC)C(O)C(O)C1OC1OC(COC)C(OC2OC(CO)C(OC3OC(COC)C(C)C(O)C3OC)C(O)C2OC)C(O)C1OCC(C)OC. The van der Waals surface area contributed by atoms with Gasteiger partial charge in [0.2, 0.25) is 0 Å². The van der Waals surface area contributed by atoms with Gasteiger partial charge in [-0.05, 0) is 13.3 Å². The second-order valence-electron chi connectivity index (χ2n) is 14.8. The van der Waals surface area contributed by atoms with Crippen LogP contribution in [0.15, 0.2) is 0 Å². The number of methoxy groups -OCH3 is 7. The molecule has 330 valence electrons. The predicted octanol–water partition coefficient (Wildman–Crippen LogP) is -2.83. The lowest BCUT2D eigenvalue weighted by molar-refractivity contribution is -0.387. The molecule has 1 saturated carbocycles. The molecule has 0 aromatic carbocycles. The summed E-state index contributed by atoms with van der Waals surface area (Å²) in [6.45, 7) is 3.07. The van der Waals surface area contributed by atoms with Crippen LogP contribution in [-0.2, 0) is 66.3 Å². The summed E-state index contributed by atoms with van der Waals surface area (Å²) in [5.74, 6) is -0.822. The summed E-state index contributed by atoms with van der Waals surface area (Å²) in [4.78, 5) is 0. The van der Waals surface area contributed by atoms with Crippen molar-refractivity contribution >= 4 is 0 Å². The van der Waals surface area contributed by atoms with E-state index in [1.165, 1.54) is 49.8 Å². The molecule has 20 heteroatoms. The van der Waals surface area contributed by atoms with Crippen LogP contribution in [0.3, 0.4) is 0 Å². The van der Waals surface area contributed by atoms with Crippen molar-refractivity contribution in [3.05, 3.63) is 0 Å². The van der Waals surface area contributed by atoms with Crippen LogP contribution < -0.4 is 0 Å². The first-order valence-electron chi connectivity index (χ1n) is 19.0. The van der Waals surface area contributed by atoms with Crippen molar-refractivity contribution in [2.75, 3.05) is 82.8 Å². The fraction of sp³-hybridized carbons (Fsp3) is 1.00. The molecule has 0 radical (unpaired) electrons. The van der Waals surface area contributed by atoms with E-state index in [1.807, 2.05) is 0 Å². The van der Waals surface area contributed by atoms with Gasteiger partial charge in [-0.1, -0.05) is 6.92 Å². The molecule has 1 aliphatic carbocycles. The van der Waals surface area contributed by atoms with E-state index in [0.717, 1.165) is 0 Å². The van der Waals surface area contributed by atoms with Crippen LogP contribution in [0, 0.1) is 11.8 Å². The molecule has 0 aromatic heterocycles. The Morgan fingerprint density at radius 3 is 1.61 bits per heavy atom. The minimum atomic E-state index is -1.52. The van der Waals surface area contributed by atoms with Gasteiger partial charge in [-0.2, -0.15) is 0 Å². The van der Waals surface area contributed by atoms with Crippen molar-refractivity contribution in [3.8, 4) is 0 Å². The standard InChI is InChI=1S/C36H66O20/c1-16(46-6)12-50-33-27(42)30(22(15-45-5)53-36(33)54-28-18(13-43-3)10-19(47-7)24(39)25(28)40)56-35-32(49-9)26(41)29(20(11-37)51-35)55-34-31(48-8)23(38)17(2)21(52-34)14-44-4/h16-42H,10-15H2,1-9H3. The van der Waals surface area contributed by atoms with E-state index in [-0.39, 0.29) is 32.3 Å². The Labute approximate surface area is 328 Å². The van der Waals surface area contributed by atoms with Gasteiger partial charge in [0.15, 0.2) is 18.9 Å². The summed E-state index contributed by atoms with van der Waals surface area (Å²) < 4.78 is 81.8. The molecule has 3 heterocycles. The fourth-order valence-electron chi connectivity index (χ4n) is 7.84. The Balaban J connectivity index is 1.58. The number of hydrogen-bond acceptors (Lipinski definition) is 20. The molecule has 0 aromatic rings. The largest absolute Gasteiger partial charge is 0.394 e. The quantitative estimate of drug-likeness (QED) is 0.0725. The third-order valence-corrected chi connectivity index (χ3v) is 11.2. The molecule has 3 saturated heterocycles. The zero-order chi connectivity index (χ0) is 41.3. The maximum absolute atomic E-state index is 12.0. The van der Waals surface area contributed by atoms with E-state index in [4.69, 9.17) is 66.3 Å². The van der Waals surface area contributed by atoms with Crippen LogP contribution in [0.1, 0.15) is 20.3 Å². The second kappa shape index (κ2) is 22.7. The lowest BCUT2D eigenvalue weighted by Gasteiger charge is -2.50. The minimum Gasteiger partial charge on any atom is -0.394 e. The van der Waals surface area contributed by atoms with Crippen molar-refractivity contribution in [3.63, 3.8) is 0 Å². The highest BCUT2D eigenvalue weighted by molar-refractivity contribution is 4.99. The van der Waals surface area contributed by atoms with Crippen molar-refractivity contribution in [1.29, 1.82) is 0 Å². The average Bonchev–Trinajstić information content (AvgIpc) is 3.18. The summed E-state index contributed by atoms with van der Waals surface area (Å²) in [6, 6.07) is 0. The number of aliphatic hydroxyl groups is 6. The average molecular weight is 819 g/mol. The molecular weight excluding hydrogens is 752 g/mol. The van der Waals surface area contributed by atoms with E-state index in [9.17, 15) is 30.6 Å². The Morgan fingerprint density at radius 2 is 1.05 bits per heavy atom. The monoisotopic (exact) mass is 818 g/mol. The van der Waals surface area contributed by atoms with Gasteiger partial charge in [0.25, 0.3) is 0 Å². The van der Waals surface area contributed by atoms with E-state index in [1.54, 1.807) is 13.8 Å². The Hall–Kier alpha value is -0.800. The van der Waals surface area contributed by atoms with Gasteiger partial charge in [-0.25, -0.2) is 0 Å². The smallest absolute Gasteiger partial charge is 0.187 e. The first kappa shape index (κ1) is 47.9. The first-order chi connectivity index (χ1) is 26.8. The molecule has 0 amide bonds. The third-order valence-electron chi connectivity index (χ3n) is 11.2. The molecule has 4 fully saturated rings. The van der Waals surface area contributed by atoms with Crippen LogP contribution in [0.2, 0.25) is 0 Å². The number of aliphatic hydroxyl groups excluding tert-OH is 6. The highest BCUT2D eigenvalue weighted by Gasteiger charge is 2.56. The van der Waals surface area contributed by atoms with Gasteiger partial charge < -0.3 is 97.0 Å². The number of rotatable bonds is 20. The molecule has 6 N–H and O–H groups in total. The van der Waals surface area contributed by atoms with Gasteiger partial charge in [0, 0.05) is 61.6 Å². The van der Waals surface area contributed by atoms with Crippen molar-refractivity contribution in [2.45, 2.75) is 137 Å². The second-order valence-corrected chi connectivity index (χ2v) is 14.8. The van der Waals surface area contributed by atoms with Crippen molar-refractivity contribution < 1.29 is 97.0 Å². The third kappa shape index (κ3) is 10.9. The summed E-state index contributed by atoms with van der Waals surface area (Å²) in [6.07, 6.45) is -21.4. The Bertz CT molecular complexity index is 1110. The fourth-order valence-corrected chi connectivity index (χ4v) is 7.84. The summed E-state index contributed by atoms with van der Waals surface area (Å²) >= 11 is 0. The highest BCUT2D eigenvalue weighted by atomic mass is 16.8. The molecular formula is C36H66O20. The van der Waals surface area contributed by atoms with Gasteiger partial charge >= 0.3 is 0 Å². The highest BCUT2D eigenvalue weighted by Crippen LogP contribution is 2.38. The summed E-state index contributed by atoms with van der Waals surface area (Å²) in [7, 11) is 10.1. The zero-order valence-electron chi connectivity index (χ0n) is 33.8. The molecule has 21 atom stereocenters. The summed E-state index contributed by atoms with van der Waals surface area (Å²) in [5.41, 5.74) is 0. The van der Waals surface area contributed by atoms with E-state index < -0.39 is 129 Å². The van der Waals surface area contributed by atoms with Crippen molar-refractivity contribution in [1.82, 2.24) is 0 Å². The Morgan fingerprint density at radius 1 is 0.554 bits per heavy atom. The van der Waals surface area contributed by atoms with Crippen LogP contribution in [-0.4, -0.2) is 230 Å². The predicted molar refractivity (Wildman–Crippen MR) is 189 cm³/mol. The maximum Gasteiger partial charge on any atom is 0.187 e. The Kier molecular flexibility index (Phi) is 19.4. The molecule has 0 spiro atoms. The topological polar surface area (TPSA) is 251 Å². The lowest BCUT2D eigenvalue weighted by Crippen LogP contribution is -2.67. The summed E-state index contributed by atoms with van der Waals surface area (Å²) in [5, 5.41) is 67.3. The van der Waals surface area contributed by atoms with Crippen LogP contribution in [0.5, 0.6) is 0 Å². The molecule has 3 aliphatic heterocycles. The maximum atomic E-state index is 12.0. The van der Waals surface area contributed by atoms with Crippen LogP contribution in [0.4, 0.5) is 0 Å². The van der Waals surface area contributed by atoms with Gasteiger partial charge in [-0.3, -0.25) is 0 Å². The van der Waals surface area contributed by atoms with Crippen LogP contribution in [0.25, 0.3) is 0 Å². The van der Waals surface area contributed by atoms with E-state index in [2.05, 4.69) is 0 Å². The van der Waals surface area contributed by atoms with Crippen LogP contribution >= 0.6 is 0 Å². The van der Waals surface area contributed by atoms with Crippen molar-refractivity contribution in [2.24, 2.45) is 11.8 Å². The lowest BCUT2D eigenvalue weighted by atomic mass is 9.81. The van der Waals surface area contributed by atoms with Gasteiger partial charge in [0.05, 0.1) is 63.6 Å². The van der Waals surface area contributed by atoms with E-state index in [0.29, 0.717) is 6.42 Å². The zero-order valence-corrected chi connectivity index (χ0v) is 33.8. The minimum absolute atomic E-state index is 0.0123. The normalized spacial score (nSPS) is 45.5. The number of ether oxygens (including phenoxy) is 14. The van der Waals surface area contributed by atoms with Gasteiger partial charge in [0.1, 0.15) is 67.1 Å². The number of hydrogen-bond donors (Lipinski definition) is 6. The molecule has 4 rings (SSSR count). The van der Waals surface area contributed by atoms with Gasteiger partial charge in [-0.15, -0.1) is 0 Å². The molecule has 56 heavy (non-hydrogen) atoms. The first-order valence-corrected chi connectivity index (χ1v) is 19.0. The molecule has 20 nitrogen and oxygen atoms in total. The molecule has 4 aliphatic rings. The van der Waals surface area contributed by atoms with E-state index >= 15 is 0 Å².